The molecule has 2 aromatic rings. The van der Waals surface area contributed by atoms with Gasteiger partial charge in [0.2, 0.25) is 21.8 Å². The number of benzene rings is 2. The zero-order valence-corrected chi connectivity index (χ0v) is 21.4. The molecule has 0 radical (unpaired) electrons. The molecule has 0 saturated carbocycles. The number of carbonyl (C=O) groups is 2. The van der Waals surface area contributed by atoms with Crippen LogP contribution in [0.3, 0.4) is 0 Å². The normalized spacial score (nSPS) is 11.9. The van der Waals surface area contributed by atoms with Crippen LogP contribution < -0.4 is 19.1 Å². The number of nitrogens with one attached hydrogen (secondary N) is 1. The summed E-state index contributed by atoms with van der Waals surface area (Å²) in [5, 5.41) is 3.24. The lowest BCUT2D eigenvalue weighted by atomic mass is 10.1. The lowest BCUT2D eigenvalue weighted by Gasteiger charge is -2.31. The first-order valence-electron chi connectivity index (χ1n) is 10.5. The summed E-state index contributed by atoms with van der Waals surface area (Å²) in [7, 11) is -1.06. The van der Waals surface area contributed by atoms with Crippen molar-refractivity contribution in [2.75, 3.05) is 37.9 Å². The number of anilines is 1. The van der Waals surface area contributed by atoms with Gasteiger partial charge in [0.25, 0.3) is 0 Å². The van der Waals surface area contributed by atoms with Gasteiger partial charge in [0.15, 0.2) is 0 Å². The van der Waals surface area contributed by atoms with Crippen molar-refractivity contribution >= 4 is 39.1 Å². The minimum atomic E-state index is -3.91. The van der Waals surface area contributed by atoms with Gasteiger partial charge in [-0.25, -0.2) is 8.42 Å². The number of ether oxygens (including phenoxy) is 2. The standard InChI is InChI=1S/C23H30ClN3O6S/c1-6-25-23(29)16(2)26(14-17-7-9-18(24)10-8-17)22(28)15-27(34(5,30)31)20-13-19(32-3)11-12-21(20)33-4/h7-13,16H,6,14-15H2,1-5H3,(H,25,29)/t16-/m0/s1. The van der Waals surface area contributed by atoms with Crippen molar-refractivity contribution < 1.29 is 27.5 Å². The summed E-state index contributed by atoms with van der Waals surface area (Å²) in [6.45, 7) is 3.30. The third-order valence-corrected chi connectivity index (χ3v) is 6.50. The fourth-order valence-electron chi connectivity index (χ4n) is 3.28. The monoisotopic (exact) mass is 511 g/mol. The van der Waals surface area contributed by atoms with Crippen molar-refractivity contribution in [3.05, 3.63) is 53.1 Å². The van der Waals surface area contributed by atoms with Gasteiger partial charge in [-0.15, -0.1) is 0 Å². The van der Waals surface area contributed by atoms with Gasteiger partial charge in [-0.3, -0.25) is 13.9 Å². The zero-order valence-electron chi connectivity index (χ0n) is 19.9. The number of methoxy groups -OCH3 is 2. The van der Waals surface area contributed by atoms with Gasteiger partial charge in [-0.1, -0.05) is 23.7 Å². The second-order valence-electron chi connectivity index (χ2n) is 7.53. The Balaban J connectivity index is 2.47. The van der Waals surface area contributed by atoms with Crippen LogP contribution in [0.25, 0.3) is 0 Å². The molecule has 9 nitrogen and oxygen atoms in total. The average molecular weight is 512 g/mol. The summed E-state index contributed by atoms with van der Waals surface area (Å²) in [6, 6.07) is 10.6. The number of nitrogens with zero attached hydrogens (tertiary/aromatic N) is 2. The van der Waals surface area contributed by atoms with E-state index in [0.717, 1.165) is 16.1 Å². The molecule has 0 fully saturated rings. The first-order valence-corrected chi connectivity index (χ1v) is 12.8. The molecule has 34 heavy (non-hydrogen) atoms. The van der Waals surface area contributed by atoms with Crippen LogP contribution in [0.2, 0.25) is 5.02 Å². The molecule has 0 saturated heterocycles. The van der Waals surface area contributed by atoms with Gasteiger partial charge in [0, 0.05) is 24.2 Å². The van der Waals surface area contributed by atoms with E-state index in [4.69, 9.17) is 21.1 Å². The van der Waals surface area contributed by atoms with Gasteiger partial charge >= 0.3 is 0 Å². The molecule has 0 unspecified atom stereocenters. The number of hydrogen-bond donors (Lipinski definition) is 1. The number of likely N-dealkylation sites (N-methyl/N-ethyl adjacent to an activating group) is 1. The summed E-state index contributed by atoms with van der Waals surface area (Å²) in [5.74, 6) is -0.274. The van der Waals surface area contributed by atoms with E-state index in [2.05, 4.69) is 5.32 Å². The van der Waals surface area contributed by atoms with E-state index in [1.54, 1.807) is 50.2 Å². The summed E-state index contributed by atoms with van der Waals surface area (Å²) >= 11 is 5.97. The van der Waals surface area contributed by atoms with Gasteiger partial charge in [0.05, 0.1) is 26.2 Å². The van der Waals surface area contributed by atoms with E-state index in [-0.39, 0.29) is 23.9 Å². The summed E-state index contributed by atoms with van der Waals surface area (Å²) in [6.07, 6.45) is 0.996. The molecule has 0 aromatic heterocycles. The first-order chi connectivity index (χ1) is 16.0. The van der Waals surface area contributed by atoms with Crippen LogP contribution in [-0.4, -0.2) is 64.7 Å². The van der Waals surface area contributed by atoms with Crippen molar-refractivity contribution in [2.45, 2.75) is 26.4 Å². The first kappa shape index (κ1) is 27.3. The lowest BCUT2D eigenvalue weighted by Crippen LogP contribution is -2.51. The maximum atomic E-state index is 13.5. The highest BCUT2D eigenvalue weighted by Crippen LogP contribution is 2.34. The smallest absolute Gasteiger partial charge is 0.244 e. The van der Waals surface area contributed by atoms with Crippen LogP contribution in [0.5, 0.6) is 11.5 Å². The number of sulfonamides is 1. The van der Waals surface area contributed by atoms with Crippen molar-refractivity contribution in [1.82, 2.24) is 10.2 Å². The van der Waals surface area contributed by atoms with Crippen molar-refractivity contribution in [2.24, 2.45) is 0 Å². The molecular formula is C23H30ClN3O6S. The highest BCUT2D eigenvalue weighted by Gasteiger charge is 2.31. The molecule has 0 bridgehead atoms. The highest BCUT2D eigenvalue weighted by atomic mass is 35.5. The van der Waals surface area contributed by atoms with Gasteiger partial charge in [0.1, 0.15) is 24.1 Å². The Hall–Kier alpha value is -2.98. The van der Waals surface area contributed by atoms with Crippen molar-refractivity contribution in [3.63, 3.8) is 0 Å². The third-order valence-electron chi connectivity index (χ3n) is 5.12. The minimum absolute atomic E-state index is 0.0845. The Morgan fingerprint density at radius 2 is 1.74 bits per heavy atom. The van der Waals surface area contributed by atoms with Crippen LogP contribution >= 0.6 is 11.6 Å². The number of rotatable bonds is 11. The topological polar surface area (TPSA) is 105 Å². The Labute approximate surface area is 205 Å². The summed E-state index contributed by atoms with van der Waals surface area (Å²) < 4.78 is 36.9. The second-order valence-corrected chi connectivity index (χ2v) is 9.87. The molecule has 2 rings (SSSR count). The number of carbonyl (C=O) groups excluding carboxylic acids is 2. The van der Waals surface area contributed by atoms with E-state index in [1.807, 2.05) is 0 Å². The quantitative estimate of drug-likeness (QED) is 0.497. The van der Waals surface area contributed by atoms with Gasteiger partial charge in [-0.05, 0) is 43.7 Å². The van der Waals surface area contributed by atoms with E-state index in [9.17, 15) is 18.0 Å². The SMILES string of the molecule is CCNC(=O)[C@H](C)N(Cc1ccc(Cl)cc1)C(=O)CN(c1cc(OC)ccc1OC)S(C)(=O)=O. The predicted molar refractivity (Wildman–Crippen MR) is 132 cm³/mol. The molecule has 2 amide bonds. The Morgan fingerprint density at radius 1 is 1.09 bits per heavy atom. The largest absolute Gasteiger partial charge is 0.497 e. The third kappa shape index (κ3) is 7.01. The molecule has 1 N–H and O–H groups in total. The number of halogens is 1. The van der Waals surface area contributed by atoms with E-state index in [1.165, 1.54) is 25.2 Å². The fraction of sp³-hybridized carbons (Fsp3) is 0.391. The summed E-state index contributed by atoms with van der Waals surface area (Å²) in [4.78, 5) is 27.4. The molecule has 0 aliphatic heterocycles. The minimum Gasteiger partial charge on any atom is -0.497 e. The lowest BCUT2D eigenvalue weighted by molar-refractivity contribution is -0.139. The maximum Gasteiger partial charge on any atom is 0.244 e. The van der Waals surface area contributed by atoms with Crippen LogP contribution in [0.4, 0.5) is 5.69 Å². The van der Waals surface area contributed by atoms with Crippen molar-refractivity contribution in [3.8, 4) is 11.5 Å². The fourth-order valence-corrected chi connectivity index (χ4v) is 4.25. The maximum absolute atomic E-state index is 13.5. The Morgan fingerprint density at radius 3 is 2.26 bits per heavy atom. The van der Waals surface area contributed by atoms with Crippen LogP contribution in [0.1, 0.15) is 19.4 Å². The molecule has 0 aliphatic carbocycles. The van der Waals surface area contributed by atoms with Gasteiger partial charge < -0.3 is 19.7 Å². The molecule has 0 spiro atoms. The van der Waals surface area contributed by atoms with E-state index in [0.29, 0.717) is 17.3 Å². The molecule has 1 atom stereocenters. The number of hydrogen-bond acceptors (Lipinski definition) is 6. The molecule has 0 aliphatic rings. The van der Waals surface area contributed by atoms with Crippen LogP contribution in [0, 0.1) is 0 Å². The van der Waals surface area contributed by atoms with E-state index >= 15 is 0 Å². The molecule has 0 heterocycles. The van der Waals surface area contributed by atoms with Crippen LogP contribution in [-0.2, 0) is 26.2 Å². The Kier molecular flexibility index (Phi) is 9.57. The zero-order chi connectivity index (χ0) is 25.5. The molecule has 2 aromatic carbocycles. The molecular weight excluding hydrogens is 482 g/mol. The van der Waals surface area contributed by atoms with Crippen molar-refractivity contribution in [1.29, 1.82) is 0 Å². The highest BCUT2D eigenvalue weighted by molar-refractivity contribution is 7.92. The van der Waals surface area contributed by atoms with E-state index < -0.39 is 28.5 Å². The molecule has 186 valence electrons. The average Bonchev–Trinajstić information content (AvgIpc) is 2.80. The summed E-state index contributed by atoms with van der Waals surface area (Å²) in [5.41, 5.74) is 0.883. The Bertz CT molecular complexity index is 1110. The predicted octanol–water partition coefficient (Wildman–Crippen LogP) is 2.68. The van der Waals surface area contributed by atoms with Crippen LogP contribution in [0.15, 0.2) is 42.5 Å². The number of amides is 2. The molecule has 11 heteroatoms. The van der Waals surface area contributed by atoms with Gasteiger partial charge in [-0.2, -0.15) is 0 Å². The second kappa shape index (κ2) is 11.9.